The molecule has 4 atom stereocenters. The number of halogens is 3. The van der Waals surface area contributed by atoms with Crippen molar-refractivity contribution in [2.75, 3.05) is 38.5 Å². The van der Waals surface area contributed by atoms with E-state index in [0.29, 0.717) is 37.0 Å². The van der Waals surface area contributed by atoms with Gasteiger partial charge in [-0.3, -0.25) is 4.90 Å². The van der Waals surface area contributed by atoms with Crippen molar-refractivity contribution in [3.05, 3.63) is 54.2 Å². The molecular weight excluding hydrogens is 513 g/mol. The fourth-order valence-corrected chi connectivity index (χ4v) is 6.50. The number of piperidine rings is 1. The lowest BCUT2D eigenvalue weighted by molar-refractivity contribution is -0.0588. The van der Waals surface area contributed by atoms with Crippen molar-refractivity contribution in [3.63, 3.8) is 0 Å². The molecule has 0 aliphatic carbocycles. The molecule has 0 radical (unpaired) electrons. The van der Waals surface area contributed by atoms with Crippen LogP contribution in [0.2, 0.25) is 0 Å². The Morgan fingerprint density at radius 1 is 1.05 bits per heavy atom. The molecule has 3 aromatic rings. The van der Waals surface area contributed by atoms with Crippen molar-refractivity contribution in [3.8, 4) is 0 Å². The van der Waals surface area contributed by atoms with Crippen LogP contribution in [0.4, 0.5) is 19.0 Å². The van der Waals surface area contributed by atoms with Crippen LogP contribution < -0.4 is 5.73 Å². The zero-order chi connectivity index (χ0) is 27.4. The average molecular weight is 547 g/mol. The molecular formula is C27H33F3N6O3. The van der Waals surface area contributed by atoms with Gasteiger partial charge in [0.1, 0.15) is 41.9 Å². The van der Waals surface area contributed by atoms with Gasteiger partial charge in [-0.05, 0) is 56.1 Å². The van der Waals surface area contributed by atoms with E-state index >= 15 is 0 Å². The number of aliphatic hydroxyl groups is 2. The van der Waals surface area contributed by atoms with Gasteiger partial charge >= 0.3 is 0 Å². The zero-order valence-electron chi connectivity index (χ0n) is 21.5. The van der Waals surface area contributed by atoms with E-state index < -0.39 is 42.5 Å². The van der Waals surface area contributed by atoms with Gasteiger partial charge in [0.2, 0.25) is 0 Å². The van der Waals surface area contributed by atoms with Crippen LogP contribution in [0.1, 0.15) is 31.1 Å². The summed E-state index contributed by atoms with van der Waals surface area (Å²) in [6, 6.07) is 8.14. The van der Waals surface area contributed by atoms with Crippen molar-refractivity contribution in [2.24, 2.45) is 0 Å². The van der Waals surface area contributed by atoms with E-state index in [2.05, 4.69) is 14.9 Å². The van der Waals surface area contributed by atoms with Gasteiger partial charge in [0, 0.05) is 31.2 Å². The maximum absolute atomic E-state index is 14.8. The number of likely N-dealkylation sites (tertiary alicyclic amines) is 2. The summed E-state index contributed by atoms with van der Waals surface area (Å²) in [5, 5.41) is 22.3. The summed E-state index contributed by atoms with van der Waals surface area (Å²) in [5.74, 6) is -2.83. The van der Waals surface area contributed by atoms with Crippen LogP contribution in [0.5, 0.6) is 0 Å². The van der Waals surface area contributed by atoms with E-state index in [1.807, 2.05) is 0 Å². The zero-order valence-corrected chi connectivity index (χ0v) is 21.5. The van der Waals surface area contributed by atoms with Gasteiger partial charge in [-0.15, -0.1) is 0 Å². The third-order valence-electron chi connectivity index (χ3n) is 8.65. The van der Waals surface area contributed by atoms with E-state index in [1.165, 1.54) is 18.5 Å². The Morgan fingerprint density at radius 3 is 2.54 bits per heavy atom. The molecule has 39 heavy (non-hydrogen) atoms. The van der Waals surface area contributed by atoms with Crippen LogP contribution in [-0.4, -0.2) is 97.0 Å². The first-order valence-corrected chi connectivity index (χ1v) is 13.3. The van der Waals surface area contributed by atoms with E-state index in [1.54, 1.807) is 33.9 Å². The number of ether oxygens (including phenoxy) is 1. The first-order chi connectivity index (χ1) is 18.6. The number of nitrogen functional groups attached to an aromatic ring is 1. The van der Waals surface area contributed by atoms with Gasteiger partial charge in [-0.25, -0.2) is 23.1 Å². The quantitative estimate of drug-likeness (QED) is 0.432. The van der Waals surface area contributed by atoms with Crippen molar-refractivity contribution in [2.45, 2.75) is 61.7 Å². The minimum atomic E-state index is -2.84. The molecule has 3 aliphatic heterocycles. The highest BCUT2D eigenvalue weighted by Crippen LogP contribution is 2.46. The normalized spacial score (nSPS) is 29.1. The van der Waals surface area contributed by atoms with Crippen molar-refractivity contribution < 1.29 is 28.1 Å². The molecule has 3 aliphatic rings. The van der Waals surface area contributed by atoms with Crippen LogP contribution >= 0.6 is 0 Å². The number of fused-ring (bicyclic) bond motifs is 1. The van der Waals surface area contributed by atoms with Crippen LogP contribution in [0.15, 0.2) is 42.9 Å². The predicted molar refractivity (Wildman–Crippen MR) is 138 cm³/mol. The largest absolute Gasteiger partial charge is 0.387 e. The molecule has 0 amide bonds. The molecule has 3 fully saturated rings. The number of alkyl halides is 2. The summed E-state index contributed by atoms with van der Waals surface area (Å²) >= 11 is 0. The van der Waals surface area contributed by atoms with Gasteiger partial charge < -0.3 is 30.2 Å². The maximum atomic E-state index is 14.8. The molecule has 3 saturated heterocycles. The summed E-state index contributed by atoms with van der Waals surface area (Å²) < 4.78 is 50.5. The van der Waals surface area contributed by atoms with Crippen molar-refractivity contribution in [1.29, 1.82) is 0 Å². The van der Waals surface area contributed by atoms with E-state index in [-0.39, 0.29) is 24.6 Å². The van der Waals surface area contributed by atoms with E-state index in [0.717, 1.165) is 18.5 Å². The third kappa shape index (κ3) is 5.00. The summed E-state index contributed by atoms with van der Waals surface area (Å²) in [6.45, 7) is 1.78. The predicted octanol–water partition coefficient (Wildman–Crippen LogP) is 2.19. The fraction of sp³-hybridized carbons (Fsp3) is 0.556. The lowest BCUT2D eigenvalue weighted by Crippen LogP contribution is -2.55. The van der Waals surface area contributed by atoms with Gasteiger partial charge in [-0.2, -0.15) is 0 Å². The number of anilines is 1. The first-order valence-electron chi connectivity index (χ1n) is 13.3. The Kier molecular flexibility index (Phi) is 6.79. The number of rotatable bonds is 6. The molecule has 5 heterocycles. The first kappa shape index (κ1) is 26.5. The Hall–Kier alpha value is -2.77. The minimum absolute atomic E-state index is 0.0796. The molecule has 0 saturated carbocycles. The molecule has 1 spiro atoms. The molecule has 2 aromatic heterocycles. The van der Waals surface area contributed by atoms with E-state index in [4.69, 9.17) is 10.5 Å². The third-order valence-corrected chi connectivity index (χ3v) is 8.65. The van der Waals surface area contributed by atoms with Crippen LogP contribution in [0.3, 0.4) is 0 Å². The molecule has 0 bridgehead atoms. The lowest BCUT2D eigenvalue weighted by Gasteiger charge is -2.45. The van der Waals surface area contributed by atoms with Gasteiger partial charge in [0.15, 0.2) is 6.23 Å². The Bertz CT molecular complexity index is 1310. The summed E-state index contributed by atoms with van der Waals surface area (Å²) in [6.07, 6.45) is 0.310. The Balaban J connectivity index is 1.13. The maximum Gasteiger partial charge on any atom is 0.262 e. The van der Waals surface area contributed by atoms with Gasteiger partial charge in [0.05, 0.1) is 11.9 Å². The summed E-state index contributed by atoms with van der Waals surface area (Å²) in [7, 11) is 0. The number of benzene rings is 1. The lowest BCUT2D eigenvalue weighted by atomic mass is 9.84. The van der Waals surface area contributed by atoms with Crippen molar-refractivity contribution >= 4 is 16.9 Å². The van der Waals surface area contributed by atoms with Crippen LogP contribution in [0, 0.1) is 5.82 Å². The molecule has 1 aromatic carbocycles. The van der Waals surface area contributed by atoms with Crippen molar-refractivity contribution in [1.82, 2.24) is 24.3 Å². The standard InChI is InChI=1S/C27H33F3N6O3/c28-18-3-1-17(2-4-18)5-9-34-11-7-26(8-12-34)14-27(29,30)15-35(26)13-20-21(37)22(38)25(39-20)36-10-6-19-23(31)32-16-33-24(19)36/h1-4,6,10,16,20-22,25,37-38H,5,7-9,11-15H2,(H2,31,32,33)/t20-,21-,22-,25-/m1/s1. The highest BCUT2D eigenvalue weighted by atomic mass is 19.3. The number of hydrogen-bond acceptors (Lipinski definition) is 8. The fourth-order valence-electron chi connectivity index (χ4n) is 6.50. The molecule has 210 valence electrons. The second-order valence-corrected chi connectivity index (χ2v) is 11.1. The average Bonchev–Trinajstić information content (AvgIpc) is 3.53. The number of aliphatic hydroxyl groups excluding tert-OH is 2. The van der Waals surface area contributed by atoms with Gasteiger partial charge in [0.25, 0.3) is 5.92 Å². The summed E-state index contributed by atoms with van der Waals surface area (Å²) in [5.41, 5.74) is 6.71. The molecule has 9 nitrogen and oxygen atoms in total. The number of hydrogen-bond donors (Lipinski definition) is 3. The molecule has 4 N–H and O–H groups in total. The number of nitrogens with zero attached hydrogens (tertiary/aromatic N) is 5. The molecule has 6 rings (SSSR count). The van der Waals surface area contributed by atoms with E-state index in [9.17, 15) is 23.4 Å². The molecule has 12 heteroatoms. The van der Waals surface area contributed by atoms with Crippen LogP contribution in [-0.2, 0) is 11.2 Å². The number of nitrogens with two attached hydrogens (primary N) is 1. The Labute approximate surface area is 224 Å². The highest BCUT2D eigenvalue weighted by molar-refractivity contribution is 5.86. The van der Waals surface area contributed by atoms with Gasteiger partial charge in [-0.1, -0.05) is 12.1 Å². The SMILES string of the molecule is Nc1ncnc2c1ccn2[C@@H]1O[C@H](CN2CC(F)(F)CC23CCN(CCc2ccc(F)cc2)CC3)[C@@H](O)[C@H]1O. The van der Waals surface area contributed by atoms with Crippen LogP contribution in [0.25, 0.3) is 11.0 Å². The summed E-state index contributed by atoms with van der Waals surface area (Å²) in [4.78, 5) is 12.2. The monoisotopic (exact) mass is 546 g/mol. The topological polar surface area (TPSA) is 113 Å². The number of aromatic nitrogens is 3. The Morgan fingerprint density at radius 2 is 1.79 bits per heavy atom. The minimum Gasteiger partial charge on any atom is -0.387 e. The second-order valence-electron chi connectivity index (χ2n) is 11.1. The second kappa shape index (κ2) is 10.0. The molecule has 0 unspecified atom stereocenters. The highest BCUT2D eigenvalue weighted by Gasteiger charge is 2.57. The smallest absolute Gasteiger partial charge is 0.262 e.